The minimum atomic E-state index is -5.58. The molecular weight excluding hydrogens is 373 g/mol. The number of alkyl halides is 5. The smallest absolute Gasteiger partial charge is 0.433 e. The van der Waals surface area contributed by atoms with Gasteiger partial charge in [-0.2, -0.15) is 13.2 Å². The average Bonchev–Trinajstić information content (AvgIpc) is 2.60. The van der Waals surface area contributed by atoms with Crippen LogP contribution in [0.15, 0.2) is 53.9 Å². The molecule has 0 saturated heterocycles. The Balaban J connectivity index is 2.02. The predicted octanol–water partition coefficient (Wildman–Crippen LogP) is 3.75. The molecular formula is C18H18F5NO3. The molecule has 2 rings (SSSR count). The summed E-state index contributed by atoms with van der Waals surface area (Å²) in [4.78, 5) is 11.0. The van der Waals surface area contributed by atoms with E-state index in [0.29, 0.717) is 6.08 Å². The van der Waals surface area contributed by atoms with E-state index in [1.165, 1.54) is 0 Å². The topological polar surface area (TPSA) is 47.6 Å². The molecule has 27 heavy (non-hydrogen) atoms. The number of ether oxygens (including phenoxy) is 2. The Kier molecular flexibility index (Phi) is 6.59. The molecule has 0 spiro atoms. The molecule has 9 heteroatoms. The van der Waals surface area contributed by atoms with Gasteiger partial charge in [-0.15, -0.1) is 0 Å². The zero-order valence-corrected chi connectivity index (χ0v) is 14.4. The van der Waals surface area contributed by atoms with Gasteiger partial charge in [-0.3, -0.25) is 4.79 Å². The minimum absolute atomic E-state index is 0.126. The Labute approximate surface area is 152 Å². The van der Waals surface area contributed by atoms with Crippen LogP contribution in [0.1, 0.15) is 12.5 Å². The van der Waals surface area contributed by atoms with Crippen molar-refractivity contribution < 1.29 is 36.2 Å². The first-order valence-corrected chi connectivity index (χ1v) is 8.00. The Hall–Kier alpha value is -2.42. The lowest BCUT2D eigenvalue weighted by Gasteiger charge is -2.35. The third kappa shape index (κ3) is 4.85. The second-order valence-corrected chi connectivity index (χ2v) is 5.79. The molecule has 1 N–H and O–H groups in total. The fourth-order valence-electron chi connectivity index (χ4n) is 2.43. The molecule has 1 aromatic carbocycles. The molecule has 1 aliphatic carbocycles. The van der Waals surface area contributed by atoms with Crippen molar-refractivity contribution in [2.75, 3.05) is 13.2 Å². The van der Waals surface area contributed by atoms with Crippen molar-refractivity contribution >= 4 is 5.91 Å². The number of carbonyl (C=O) groups is 1. The number of carbonyl (C=O) groups excluding carboxylic acids is 1. The second kappa shape index (κ2) is 8.51. The molecule has 148 valence electrons. The Morgan fingerprint density at radius 2 is 1.85 bits per heavy atom. The lowest BCUT2D eigenvalue weighted by molar-refractivity contribution is -0.244. The Morgan fingerprint density at radius 3 is 2.44 bits per heavy atom. The molecule has 2 unspecified atom stereocenters. The summed E-state index contributed by atoms with van der Waals surface area (Å²) < 4.78 is 78.7. The average molecular weight is 391 g/mol. The molecule has 1 amide bonds. The van der Waals surface area contributed by atoms with Gasteiger partial charge in [0, 0.05) is 6.92 Å². The lowest BCUT2D eigenvalue weighted by atomic mass is 9.89. The first-order valence-electron chi connectivity index (χ1n) is 8.00. The normalized spacial score (nSPS) is 22.7. The highest BCUT2D eigenvalue weighted by atomic mass is 19.4. The van der Waals surface area contributed by atoms with Crippen molar-refractivity contribution in [3.8, 4) is 0 Å². The summed E-state index contributed by atoms with van der Waals surface area (Å²) in [6.07, 6.45) is -7.24. The Morgan fingerprint density at radius 1 is 1.19 bits per heavy atom. The van der Waals surface area contributed by atoms with Gasteiger partial charge in [0.15, 0.2) is 6.17 Å². The fraction of sp³-hybridized carbons (Fsp3) is 0.389. The summed E-state index contributed by atoms with van der Waals surface area (Å²) in [6.45, 7) is 0.637. The van der Waals surface area contributed by atoms with Gasteiger partial charge in [-0.25, -0.2) is 8.78 Å². The highest BCUT2D eigenvalue weighted by Crippen LogP contribution is 2.47. The predicted molar refractivity (Wildman–Crippen MR) is 86.8 cm³/mol. The van der Waals surface area contributed by atoms with Crippen molar-refractivity contribution in [2.24, 2.45) is 0 Å². The summed E-state index contributed by atoms with van der Waals surface area (Å²) in [7, 11) is 0. The molecule has 0 aliphatic heterocycles. The number of hydrogen-bond acceptors (Lipinski definition) is 3. The number of allylic oxidation sites excluding steroid dienone is 4. The number of halogens is 5. The number of rotatable bonds is 7. The van der Waals surface area contributed by atoms with E-state index in [9.17, 15) is 26.7 Å². The second-order valence-electron chi connectivity index (χ2n) is 5.79. The van der Waals surface area contributed by atoms with E-state index in [1.54, 1.807) is 24.3 Å². The standard InChI is InChI=1S/C18H18F5NO3/c1-12(25)24-14-7-8-15(17(20,16(14)19)18(21,22)23)27-10-9-26-11-13-5-3-2-4-6-13/h2-8,16H,9-11H2,1H3,(H,24,25). The fourth-order valence-corrected chi connectivity index (χ4v) is 2.43. The van der Waals surface area contributed by atoms with Crippen LogP contribution < -0.4 is 5.32 Å². The zero-order valence-electron chi connectivity index (χ0n) is 14.4. The van der Waals surface area contributed by atoms with Crippen LogP contribution in [0.3, 0.4) is 0 Å². The van der Waals surface area contributed by atoms with Gasteiger partial charge >= 0.3 is 6.18 Å². The first-order chi connectivity index (χ1) is 12.7. The third-order valence-corrected chi connectivity index (χ3v) is 3.72. The monoisotopic (exact) mass is 391 g/mol. The van der Waals surface area contributed by atoms with Crippen LogP contribution in [0.25, 0.3) is 0 Å². The highest BCUT2D eigenvalue weighted by molar-refractivity contribution is 5.75. The van der Waals surface area contributed by atoms with E-state index >= 15 is 0 Å². The SMILES string of the molecule is CC(=O)NC1=CC=C(OCCOCc2ccccc2)C(F)(C(F)(F)F)C1F. The molecule has 4 nitrogen and oxygen atoms in total. The summed E-state index contributed by atoms with van der Waals surface area (Å²) in [5.74, 6) is -2.04. The maximum absolute atomic E-state index is 14.7. The van der Waals surface area contributed by atoms with Crippen LogP contribution in [-0.2, 0) is 20.9 Å². The van der Waals surface area contributed by atoms with Gasteiger partial charge in [-0.05, 0) is 17.7 Å². The van der Waals surface area contributed by atoms with Crippen LogP contribution in [0.2, 0.25) is 0 Å². The van der Waals surface area contributed by atoms with Crippen molar-refractivity contribution in [1.29, 1.82) is 0 Å². The van der Waals surface area contributed by atoms with E-state index < -0.39 is 42.0 Å². The van der Waals surface area contributed by atoms with Gasteiger partial charge < -0.3 is 14.8 Å². The van der Waals surface area contributed by atoms with Gasteiger partial charge in [-0.1, -0.05) is 30.3 Å². The van der Waals surface area contributed by atoms with E-state index in [4.69, 9.17) is 9.47 Å². The molecule has 0 saturated carbocycles. The van der Waals surface area contributed by atoms with Gasteiger partial charge in [0.1, 0.15) is 12.4 Å². The van der Waals surface area contributed by atoms with Crippen molar-refractivity contribution in [3.05, 3.63) is 59.5 Å². The van der Waals surface area contributed by atoms with Gasteiger partial charge in [0.25, 0.3) is 5.67 Å². The van der Waals surface area contributed by atoms with Crippen LogP contribution in [0.4, 0.5) is 22.0 Å². The summed E-state index contributed by atoms with van der Waals surface area (Å²) >= 11 is 0. The number of benzene rings is 1. The number of hydrogen-bond donors (Lipinski definition) is 1. The number of amides is 1. The van der Waals surface area contributed by atoms with Crippen LogP contribution >= 0.6 is 0 Å². The van der Waals surface area contributed by atoms with Crippen LogP contribution in [0, 0.1) is 0 Å². The summed E-state index contributed by atoms with van der Waals surface area (Å²) in [5.41, 5.74) is -4.38. The number of nitrogens with one attached hydrogen (secondary N) is 1. The van der Waals surface area contributed by atoms with Crippen LogP contribution in [0.5, 0.6) is 0 Å². The molecule has 1 aliphatic rings. The first kappa shape index (κ1) is 20.9. The Bertz CT molecular complexity index is 717. The van der Waals surface area contributed by atoms with Crippen molar-refractivity contribution in [3.63, 3.8) is 0 Å². The molecule has 0 heterocycles. The van der Waals surface area contributed by atoms with Crippen molar-refractivity contribution in [1.82, 2.24) is 5.32 Å². The molecule has 0 fully saturated rings. The van der Waals surface area contributed by atoms with Gasteiger partial charge in [0.05, 0.1) is 18.9 Å². The third-order valence-electron chi connectivity index (χ3n) is 3.72. The lowest BCUT2D eigenvalue weighted by Crippen LogP contribution is -2.55. The molecule has 0 bridgehead atoms. The maximum Gasteiger partial charge on any atom is 0.433 e. The molecule has 0 aromatic heterocycles. The maximum atomic E-state index is 14.7. The zero-order chi connectivity index (χ0) is 20.1. The summed E-state index contributed by atoms with van der Waals surface area (Å²) in [6, 6.07) is 8.99. The van der Waals surface area contributed by atoms with E-state index in [1.807, 2.05) is 11.4 Å². The molecule has 2 atom stereocenters. The largest absolute Gasteiger partial charge is 0.492 e. The summed E-state index contributed by atoms with van der Waals surface area (Å²) in [5, 5.41) is 1.86. The highest BCUT2D eigenvalue weighted by Gasteiger charge is 2.67. The minimum Gasteiger partial charge on any atom is -0.492 e. The van der Waals surface area contributed by atoms with E-state index in [0.717, 1.165) is 18.6 Å². The quantitative estimate of drug-likeness (QED) is 0.569. The van der Waals surface area contributed by atoms with Crippen molar-refractivity contribution in [2.45, 2.75) is 31.5 Å². The van der Waals surface area contributed by atoms with Crippen LogP contribution in [-0.4, -0.2) is 37.1 Å². The van der Waals surface area contributed by atoms with E-state index in [-0.39, 0.29) is 13.2 Å². The van der Waals surface area contributed by atoms with Gasteiger partial charge in [0.2, 0.25) is 5.91 Å². The van der Waals surface area contributed by atoms with E-state index in [2.05, 4.69) is 0 Å². The molecule has 0 radical (unpaired) electrons. The molecule has 1 aromatic rings.